The first-order valence-corrected chi connectivity index (χ1v) is 10.5. The summed E-state index contributed by atoms with van der Waals surface area (Å²) in [7, 11) is 1.42. The van der Waals surface area contributed by atoms with Crippen LogP contribution >= 0.6 is 15.9 Å². The standard InChI is InChI=1S/C23H24BrNO3/c1-27-23(26)17-7-10-20-16(13-17)3-2-4-21(24)22(20)15-5-8-18(9-6-15)28-19-11-12-25-14-19/h5-10,13,19,25H,2-4,11-12,14H2,1H3/t19-/m0/s1. The van der Waals surface area contributed by atoms with Crippen molar-refractivity contribution < 1.29 is 14.3 Å². The van der Waals surface area contributed by atoms with E-state index < -0.39 is 0 Å². The van der Waals surface area contributed by atoms with Gasteiger partial charge in [0.05, 0.1) is 12.7 Å². The molecule has 0 saturated carbocycles. The number of carbonyl (C=O) groups is 1. The van der Waals surface area contributed by atoms with Gasteiger partial charge in [-0.1, -0.05) is 34.1 Å². The average Bonchev–Trinajstić information content (AvgIpc) is 3.16. The van der Waals surface area contributed by atoms with Gasteiger partial charge in [-0.25, -0.2) is 4.79 Å². The Hall–Kier alpha value is -2.11. The van der Waals surface area contributed by atoms with Crippen molar-refractivity contribution in [3.8, 4) is 5.75 Å². The molecule has 0 amide bonds. The molecular formula is C23H24BrNO3. The second kappa shape index (κ2) is 8.50. The lowest BCUT2D eigenvalue weighted by Crippen LogP contribution is -2.19. The number of ether oxygens (including phenoxy) is 2. The van der Waals surface area contributed by atoms with E-state index in [1.54, 1.807) is 0 Å². The van der Waals surface area contributed by atoms with Crippen LogP contribution in [0.15, 0.2) is 46.9 Å². The zero-order chi connectivity index (χ0) is 19.5. The normalized spacial score (nSPS) is 19.1. The number of esters is 1. The summed E-state index contributed by atoms with van der Waals surface area (Å²) in [5, 5.41) is 3.32. The Kier molecular flexibility index (Phi) is 5.83. The molecule has 0 bridgehead atoms. The smallest absolute Gasteiger partial charge is 0.337 e. The fourth-order valence-corrected chi connectivity index (χ4v) is 4.65. The number of hydrogen-bond acceptors (Lipinski definition) is 4. The van der Waals surface area contributed by atoms with E-state index in [9.17, 15) is 4.79 Å². The van der Waals surface area contributed by atoms with Crippen molar-refractivity contribution in [2.24, 2.45) is 0 Å². The van der Waals surface area contributed by atoms with Crippen molar-refractivity contribution >= 4 is 27.5 Å². The number of methoxy groups -OCH3 is 1. The van der Waals surface area contributed by atoms with Gasteiger partial charge in [0.25, 0.3) is 0 Å². The fourth-order valence-electron chi connectivity index (χ4n) is 3.93. The number of carbonyl (C=O) groups excluding carboxylic acids is 1. The maximum Gasteiger partial charge on any atom is 0.337 e. The van der Waals surface area contributed by atoms with Crippen molar-refractivity contribution in [1.82, 2.24) is 5.32 Å². The molecule has 2 aromatic rings. The molecule has 4 rings (SSSR count). The predicted molar refractivity (Wildman–Crippen MR) is 114 cm³/mol. The Morgan fingerprint density at radius 2 is 1.96 bits per heavy atom. The monoisotopic (exact) mass is 441 g/mol. The van der Waals surface area contributed by atoms with Crippen molar-refractivity contribution in [3.05, 3.63) is 69.2 Å². The van der Waals surface area contributed by atoms with Crippen LogP contribution in [0.4, 0.5) is 0 Å². The summed E-state index contributed by atoms with van der Waals surface area (Å²) in [6.07, 6.45) is 4.26. The second-order valence-corrected chi connectivity index (χ2v) is 8.21. The number of aryl methyl sites for hydroxylation is 1. The van der Waals surface area contributed by atoms with E-state index in [2.05, 4.69) is 33.4 Å². The van der Waals surface area contributed by atoms with Crippen LogP contribution in [0.2, 0.25) is 0 Å². The van der Waals surface area contributed by atoms with Gasteiger partial charge in [-0.2, -0.15) is 0 Å². The lowest BCUT2D eigenvalue weighted by Gasteiger charge is -2.16. The summed E-state index contributed by atoms with van der Waals surface area (Å²) < 4.78 is 12.1. The van der Waals surface area contributed by atoms with Gasteiger partial charge in [0.1, 0.15) is 11.9 Å². The number of rotatable bonds is 4. The first-order chi connectivity index (χ1) is 13.7. The van der Waals surface area contributed by atoms with Crippen LogP contribution in [0.5, 0.6) is 5.75 Å². The highest BCUT2D eigenvalue weighted by molar-refractivity contribution is 9.11. The first kappa shape index (κ1) is 19.2. The van der Waals surface area contributed by atoms with Crippen LogP contribution in [0.3, 0.4) is 0 Å². The number of hydrogen-bond donors (Lipinski definition) is 1. The number of halogens is 1. The summed E-state index contributed by atoms with van der Waals surface area (Å²) in [4.78, 5) is 11.9. The third kappa shape index (κ3) is 4.01. The molecule has 2 aromatic carbocycles. The minimum absolute atomic E-state index is 0.257. The summed E-state index contributed by atoms with van der Waals surface area (Å²) >= 11 is 3.81. The van der Waals surface area contributed by atoms with Gasteiger partial charge in [-0.15, -0.1) is 0 Å². The number of allylic oxidation sites excluding steroid dienone is 1. The van der Waals surface area contributed by atoms with Gasteiger partial charge in [-0.05, 0) is 78.8 Å². The summed E-state index contributed by atoms with van der Waals surface area (Å²) in [5.74, 6) is 0.614. The zero-order valence-electron chi connectivity index (χ0n) is 16.0. The maximum absolute atomic E-state index is 11.9. The molecule has 0 aromatic heterocycles. The largest absolute Gasteiger partial charge is 0.489 e. The second-order valence-electron chi connectivity index (χ2n) is 7.25. The van der Waals surface area contributed by atoms with Crippen molar-refractivity contribution in [1.29, 1.82) is 0 Å². The lowest BCUT2D eigenvalue weighted by atomic mass is 9.92. The van der Waals surface area contributed by atoms with Gasteiger partial charge >= 0.3 is 5.97 Å². The summed E-state index contributed by atoms with van der Waals surface area (Å²) in [6, 6.07) is 14.2. The quantitative estimate of drug-likeness (QED) is 0.698. The number of fused-ring (bicyclic) bond motifs is 1. The Bertz CT molecular complexity index is 899. The van der Waals surface area contributed by atoms with E-state index in [4.69, 9.17) is 9.47 Å². The Morgan fingerprint density at radius 1 is 1.14 bits per heavy atom. The summed E-state index contributed by atoms with van der Waals surface area (Å²) in [5.41, 5.74) is 5.30. The molecule has 1 atom stereocenters. The molecule has 28 heavy (non-hydrogen) atoms. The molecule has 1 heterocycles. The molecule has 1 aliphatic heterocycles. The number of benzene rings is 2. The minimum atomic E-state index is -0.292. The van der Waals surface area contributed by atoms with Gasteiger partial charge < -0.3 is 14.8 Å². The van der Waals surface area contributed by atoms with E-state index in [1.165, 1.54) is 28.3 Å². The zero-order valence-corrected chi connectivity index (χ0v) is 17.6. The number of nitrogens with one attached hydrogen (secondary N) is 1. The fraction of sp³-hybridized carbons (Fsp3) is 0.348. The third-order valence-electron chi connectivity index (χ3n) is 5.37. The molecule has 1 aliphatic carbocycles. The Labute approximate surface area is 174 Å². The third-order valence-corrected chi connectivity index (χ3v) is 6.16. The molecule has 0 spiro atoms. The highest BCUT2D eigenvalue weighted by Gasteiger charge is 2.20. The highest BCUT2D eigenvalue weighted by Crippen LogP contribution is 2.38. The van der Waals surface area contributed by atoms with Crippen molar-refractivity contribution in [2.45, 2.75) is 31.8 Å². The molecule has 1 fully saturated rings. The van der Waals surface area contributed by atoms with Gasteiger partial charge in [-0.3, -0.25) is 0 Å². The van der Waals surface area contributed by atoms with Crippen LogP contribution in [0.1, 0.15) is 46.3 Å². The van der Waals surface area contributed by atoms with E-state index in [1.807, 2.05) is 30.3 Å². The molecule has 2 aliphatic rings. The van der Waals surface area contributed by atoms with E-state index in [0.29, 0.717) is 5.56 Å². The van der Waals surface area contributed by atoms with Crippen LogP contribution in [0.25, 0.3) is 5.57 Å². The molecule has 1 N–H and O–H groups in total. The molecule has 1 saturated heterocycles. The molecular weight excluding hydrogens is 418 g/mol. The van der Waals surface area contributed by atoms with Crippen LogP contribution in [-0.4, -0.2) is 32.3 Å². The van der Waals surface area contributed by atoms with Crippen molar-refractivity contribution in [2.75, 3.05) is 20.2 Å². The summed E-state index contributed by atoms with van der Waals surface area (Å²) in [6.45, 7) is 1.93. The Morgan fingerprint density at radius 3 is 2.68 bits per heavy atom. The minimum Gasteiger partial charge on any atom is -0.489 e. The van der Waals surface area contributed by atoms with E-state index in [0.717, 1.165) is 50.1 Å². The maximum atomic E-state index is 11.9. The average molecular weight is 442 g/mol. The molecule has 4 nitrogen and oxygen atoms in total. The van der Waals surface area contributed by atoms with Gasteiger partial charge in [0.15, 0.2) is 0 Å². The SMILES string of the molecule is COC(=O)c1ccc2c(c1)CCCC(Br)=C2c1ccc(O[C@H]2CCNC2)cc1. The van der Waals surface area contributed by atoms with E-state index >= 15 is 0 Å². The first-order valence-electron chi connectivity index (χ1n) is 9.74. The Balaban J connectivity index is 1.65. The van der Waals surface area contributed by atoms with Gasteiger partial charge in [0, 0.05) is 11.0 Å². The van der Waals surface area contributed by atoms with E-state index in [-0.39, 0.29) is 12.1 Å². The van der Waals surface area contributed by atoms with Crippen LogP contribution in [-0.2, 0) is 11.2 Å². The highest BCUT2D eigenvalue weighted by atomic mass is 79.9. The predicted octanol–water partition coefficient (Wildman–Crippen LogP) is 4.70. The van der Waals surface area contributed by atoms with Gasteiger partial charge in [0.2, 0.25) is 0 Å². The molecule has 146 valence electrons. The topological polar surface area (TPSA) is 47.6 Å². The molecule has 0 radical (unpaired) electrons. The van der Waals surface area contributed by atoms with Crippen LogP contribution < -0.4 is 10.1 Å². The lowest BCUT2D eigenvalue weighted by molar-refractivity contribution is 0.0600. The van der Waals surface area contributed by atoms with Crippen LogP contribution in [0, 0.1) is 0 Å². The molecule has 5 heteroatoms. The molecule has 0 unspecified atom stereocenters. The van der Waals surface area contributed by atoms with Crippen molar-refractivity contribution in [3.63, 3.8) is 0 Å².